The Labute approximate surface area is 249 Å². The monoisotopic (exact) mass is 620 g/mol. The predicted molar refractivity (Wildman–Crippen MR) is 149 cm³/mol. The number of rotatable bonds is 7. The van der Waals surface area contributed by atoms with E-state index in [4.69, 9.17) is 27.9 Å². The van der Waals surface area contributed by atoms with Gasteiger partial charge in [-0.3, -0.25) is 9.59 Å². The quantitative estimate of drug-likeness (QED) is 0.346. The normalized spacial score (nSPS) is 21.1. The summed E-state index contributed by atoms with van der Waals surface area (Å²) in [5.41, 5.74) is 0.336. The molecular formula is C30H25Cl2F3N2O5. The molecular weight excluding hydrogens is 596 g/mol. The van der Waals surface area contributed by atoms with Crippen LogP contribution in [0.25, 0.3) is 0 Å². The fourth-order valence-electron chi connectivity index (χ4n) is 5.30. The lowest BCUT2D eigenvalue weighted by Crippen LogP contribution is -2.55. The van der Waals surface area contributed by atoms with Crippen LogP contribution in [-0.2, 0) is 17.5 Å². The lowest BCUT2D eigenvalue weighted by atomic mass is 9.77. The zero-order valence-corrected chi connectivity index (χ0v) is 23.3. The van der Waals surface area contributed by atoms with Crippen molar-refractivity contribution in [2.24, 2.45) is 0 Å². The second-order valence-corrected chi connectivity index (χ2v) is 10.8. The second kappa shape index (κ2) is 12.0. The van der Waals surface area contributed by atoms with Gasteiger partial charge in [-0.1, -0.05) is 47.5 Å². The second-order valence-electron chi connectivity index (χ2n) is 9.92. The Balaban J connectivity index is 1.60. The van der Waals surface area contributed by atoms with Gasteiger partial charge in [0, 0.05) is 39.8 Å². The van der Waals surface area contributed by atoms with E-state index in [9.17, 15) is 33.0 Å². The number of nitrogens with zero attached hydrogens (tertiary/aromatic N) is 1. The van der Waals surface area contributed by atoms with Gasteiger partial charge in [0.1, 0.15) is 18.0 Å². The minimum absolute atomic E-state index is 0.0299. The number of fused-ring (bicyclic) bond motifs is 3. The Morgan fingerprint density at radius 2 is 1.74 bits per heavy atom. The van der Waals surface area contributed by atoms with Crippen LogP contribution in [0.3, 0.4) is 0 Å². The van der Waals surface area contributed by atoms with Crippen LogP contribution in [0, 0.1) is 0 Å². The molecule has 0 bridgehead atoms. The summed E-state index contributed by atoms with van der Waals surface area (Å²) in [6, 6.07) is 14.2. The average molecular weight is 621 g/mol. The van der Waals surface area contributed by atoms with Gasteiger partial charge >= 0.3 is 6.18 Å². The zero-order valence-electron chi connectivity index (χ0n) is 21.8. The van der Waals surface area contributed by atoms with Crippen LogP contribution >= 0.6 is 23.2 Å². The first-order valence-corrected chi connectivity index (χ1v) is 13.7. The molecule has 42 heavy (non-hydrogen) atoms. The highest BCUT2D eigenvalue weighted by atomic mass is 35.5. The van der Waals surface area contributed by atoms with Crippen LogP contribution in [0.5, 0.6) is 5.75 Å². The van der Waals surface area contributed by atoms with Crippen LogP contribution in [0.4, 0.5) is 13.2 Å². The van der Waals surface area contributed by atoms with Gasteiger partial charge in [0.05, 0.1) is 24.1 Å². The number of para-hydroxylation sites is 1. The number of halogens is 5. The summed E-state index contributed by atoms with van der Waals surface area (Å²) in [6.45, 7) is -0.512. The maximum Gasteiger partial charge on any atom is 0.416 e. The van der Waals surface area contributed by atoms with Crippen molar-refractivity contribution in [3.05, 3.63) is 111 Å². The molecule has 1 aliphatic heterocycles. The number of aliphatic hydroxyl groups is 2. The van der Waals surface area contributed by atoms with E-state index in [1.54, 1.807) is 36.4 Å². The van der Waals surface area contributed by atoms with Crippen molar-refractivity contribution in [1.82, 2.24) is 10.2 Å². The van der Waals surface area contributed by atoms with E-state index in [2.05, 4.69) is 5.32 Å². The summed E-state index contributed by atoms with van der Waals surface area (Å²) in [7, 11) is 0. The number of ether oxygens (including phenoxy) is 1. The molecule has 4 atom stereocenters. The van der Waals surface area contributed by atoms with Crippen molar-refractivity contribution < 1.29 is 37.7 Å². The molecule has 7 nitrogen and oxygen atoms in total. The standard InChI is InChI=1S/C30H25Cl2F3N2O5/c31-19-10-7-17(22(32)13-19)15-37(29(41)16-5-8-18(9-6-16)30(33,34)35)23-14-21(28(40)36-11-12-38)25-20-3-1-2-4-24(20)42-27(25)26(23)39/h1-10,13-14,23,25-27,38-39H,11-12,15H2,(H,36,40). The Bertz CT molecular complexity index is 1530. The first-order valence-electron chi connectivity index (χ1n) is 13.0. The Morgan fingerprint density at radius 3 is 2.40 bits per heavy atom. The highest BCUT2D eigenvalue weighted by Crippen LogP contribution is 2.47. The fraction of sp³-hybridized carbons (Fsp3) is 0.267. The van der Waals surface area contributed by atoms with Crippen molar-refractivity contribution in [3.8, 4) is 5.75 Å². The van der Waals surface area contributed by atoms with Crippen molar-refractivity contribution in [2.45, 2.75) is 36.9 Å². The molecule has 2 aliphatic rings. The molecule has 1 aliphatic carbocycles. The molecule has 5 rings (SSSR count). The van der Waals surface area contributed by atoms with E-state index in [-0.39, 0.29) is 35.9 Å². The predicted octanol–water partition coefficient (Wildman–Crippen LogP) is 4.98. The Kier molecular flexibility index (Phi) is 8.52. The highest BCUT2D eigenvalue weighted by Gasteiger charge is 2.50. The summed E-state index contributed by atoms with van der Waals surface area (Å²) < 4.78 is 45.7. The molecule has 3 N–H and O–H groups in total. The van der Waals surface area contributed by atoms with Crippen molar-refractivity contribution in [2.75, 3.05) is 13.2 Å². The molecule has 220 valence electrons. The van der Waals surface area contributed by atoms with Gasteiger partial charge in [0.2, 0.25) is 5.91 Å². The van der Waals surface area contributed by atoms with Crippen LogP contribution in [0.2, 0.25) is 10.0 Å². The molecule has 0 fully saturated rings. The molecule has 0 aromatic heterocycles. The smallest absolute Gasteiger partial charge is 0.416 e. The third kappa shape index (κ3) is 5.85. The van der Waals surface area contributed by atoms with E-state index in [0.29, 0.717) is 21.9 Å². The molecule has 4 unspecified atom stereocenters. The van der Waals surface area contributed by atoms with Gasteiger partial charge in [0.25, 0.3) is 5.91 Å². The van der Waals surface area contributed by atoms with Gasteiger partial charge in [-0.25, -0.2) is 0 Å². The summed E-state index contributed by atoms with van der Waals surface area (Å²) >= 11 is 12.5. The maximum atomic E-state index is 14.0. The van der Waals surface area contributed by atoms with Gasteiger partial charge in [-0.2, -0.15) is 13.2 Å². The number of hydrogen-bond donors (Lipinski definition) is 3. The molecule has 0 spiro atoms. The van der Waals surface area contributed by atoms with Crippen molar-refractivity contribution >= 4 is 35.0 Å². The molecule has 2 amide bonds. The lowest BCUT2D eigenvalue weighted by molar-refractivity contribution is -0.137. The number of alkyl halides is 3. The minimum atomic E-state index is -4.60. The number of carbonyl (C=O) groups is 2. The number of nitrogens with one attached hydrogen (secondary N) is 1. The molecule has 1 heterocycles. The van der Waals surface area contributed by atoms with Crippen molar-refractivity contribution in [1.29, 1.82) is 0 Å². The van der Waals surface area contributed by atoms with E-state index >= 15 is 0 Å². The fourth-order valence-corrected chi connectivity index (χ4v) is 5.77. The van der Waals surface area contributed by atoms with Gasteiger partial charge in [0.15, 0.2) is 0 Å². The Hall–Kier alpha value is -3.57. The average Bonchev–Trinajstić information content (AvgIpc) is 3.36. The topological polar surface area (TPSA) is 99.1 Å². The van der Waals surface area contributed by atoms with Crippen LogP contribution in [0.1, 0.15) is 33.0 Å². The van der Waals surface area contributed by atoms with Gasteiger partial charge < -0.3 is 25.2 Å². The largest absolute Gasteiger partial charge is 0.486 e. The first-order chi connectivity index (χ1) is 20.0. The minimum Gasteiger partial charge on any atom is -0.486 e. The molecule has 12 heteroatoms. The molecule has 3 aromatic carbocycles. The first kappa shape index (κ1) is 29.9. The number of carbonyl (C=O) groups excluding carboxylic acids is 2. The van der Waals surface area contributed by atoms with Crippen molar-refractivity contribution in [3.63, 3.8) is 0 Å². The van der Waals surface area contributed by atoms with Crippen LogP contribution in [0.15, 0.2) is 78.4 Å². The Morgan fingerprint density at radius 1 is 1.02 bits per heavy atom. The third-order valence-electron chi connectivity index (χ3n) is 7.31. The summed E-state index contributed by atoms with van der Waals surface area (Å²) in [4.78, 5) is 28.5. The molecule has 0 saturated carbocycles. The van der Waals surface area contributed by atoms with E-state index in [1.807, 2.05) is 0 Å². The summed E-state index contributed by atoms with van der Waals surface area (Å²) in [5.74, 6) is -1.44. The maximum absolute atomic E-state index is 14.0. The van der Waals surface area contributed by atoms with E-state index in [0.717, 1.165) is 24.3 Å². The third-order valence-corrected chi connectivity index (χ3v) is 7.90. The van der Waals surface area contributed by atoms with E-state index in [1.165, 1.54) is 17.0 Å². The molecule has 3 aromatic rings. The zero-order chi connectivity index (χ0) is 30.2. The summed E-state index contributed by atoms with van der Waals surface area (Å²) in [5, 5.41) is 24.1. The lowest BCUT2D eigenvalue weighted by Gasteiger charge is -2.41. The number of aliphatic hydroxyl groups excluding tert-OH is 2. The SMILES string of the molecule is O=C(NCCO)C1=CC(N(Cc2ccc(Cl)cc2Cl)C(=O)c2ccc(C(F)(F)F)cc2)C(O)C2Oc3ccccc3C12. The van der Waals surface area contributed by atoms with E-state index < -0.39 is 47.7 Å². The summed E-state index contributed by atoms with van der Waals surface area (Å²) in [6.07, 6.45) is -5.44. The van der Waals surface area contributed by atoms with Crippen LogP contribution in [-0.4, -0.2) is 58.3 Å². The highest BCUT2D eigenvalue weighted by molar-refractivity contribution is 6.35. The molecule has 0 saturated heterocycles. The number of amides is 2. The van der Waals surface area contributed by atoms with Gasteiger partial charge in [-0.15, -0.1) is 0 Å². The number of hydrogen-bond acceptors (Lipinski definition) is 5. The van der Waals surface area contributed by atoms with Gasteiger partial charge in [-0.05, 0) is 54.1 Å². The molecule has 0 radical (unpaired) electrons. The van der Waals surface area contributed by atoms with Crippen LogP contribution < -0.4 is 10.1 Å². The number of benzene rings is 3.